The fourth-order valence-electron chi connectivity index (χ4n) is 3.80. The Balaban J connectivity index is 1.54. The highest BCUT2D eigenvalue weighted by molar-refractivity contribution is 5.89. The summed E-state index contributed by atoms with van der Waals surface area (Å²) in [5.74, 6) is 2.32. The number of amides is 1. The fraction of sp³-hybridized carbons (Fsp3) is 0.318. The summed E-state index contributed by atoms with van der Waals surface area (Å²) < 4.78 is 16.1. The van der Waals surface area contributed by atoms with Gasteiger partial charge in [0.15, 0.2) is 11.5 Å². The molecule has 1 aliphatic heterocycles. The molecule has 0 spiro atoms. The number of carbonyl (C=O) groups is 1. The molecule has 0 saturated carbocycles. The first kappa shape index (κ1) is 18.2. The highest BCUT2D eigenvalue weighted by Crippen LogP contribution is 2.33. The first-order valence-corrected chi connectivity index (χ1v) is 9.28. The molecule has 1 aliphatic rings. The van der Waals surface area contributed by atoms with E-state index in [0.717, 1.165) is 39.9 Å². The number of ether oxygens (including phenoxy) is 3. The highest BCUT2D eigenvalue weighted by atomic mass is 16.5. The van der Waals surface area contributed by atoms with Crippen LogP contribution in [0.3, 0.4) is 0 Å². The SMILES string of the molecule is COc1ccc2[nH]cc(CC(=O)N3CCc4cc(OC)c(OC)cc4C3)c2c1. The van der Waals surface area contributed by atoms with E-state index in [2.05, 4.69) is 4.98 Å². The summed E-state index contributed by atoms with van der Waals surface area (Å²) in [4.78, 5) is 18.1. The average Bonchev–Trinajstić information content (AvgIpc) is 3.13. The van der Waals surface area contributed by atoms with E-state index in [0.29, 0.717) is 25.3 Å². The van der Waals surface area contributed by atoms with Crippen LogP contribution in [0.15, 0.2) is 36.5 Å². The van der Waals surface area contributed by atoms with Crippen molar-refractivity contribution in [2.75, 3.05) is 27.9 Å². The first-order chi connectivity index (χ1) is 13.6. The largest absolute Gasteiger partial charge is 0.497 e. The van der Waals surface area contributed by atoms with E-state index in [-0.39, 0.29) is 5.91 Å². The van der Waals surface area contributed by atoms with Gasteiger partial charge in [-0.2, -0.15) is 0 Å². The second-order valence-corrected chi connectivity index (χ2v) is 6.94. The van der Waals surface area contributed by atoms with Gasteiger partial charge in [-0.25, -0.2) is 0 Å². The van der Waals surface area contributed by atoms with Crippen molar-refractivity contribution < 1.29 is 19.0 Å². The number of aromatic nitrogens is 1. The molecule has 1 amide bonds. The molecule has 0 atom stereocenters. The summed E-state index contributed by atoms with van der Waals surface area (Å²) >= 11 is 0. The Bertz CT molecular complexity index is 1020. The second kappa shape index (κ2) is 7.46. The van der Waals surface area contributed by atoms with Crippen LogP contribution in [-0.2, 0) is 24.2 Å². The average molecular weight is 380 g/mol. The Morgan fingerprint density at radius 2 is 1.79 bits per heavy atom. The molecule has 0 radical (unpaired) electrons. The predicted molar refractivity (Wildman–Crippen MR) is 107 cm³/mol. The minimum atomic E-state index is 0.115. The normalized spacial score (nSPS) is 13.3. The lowest BCUT2D eigenvalue weighted by atomic mass is 9.98. The highest BCUT2D eigenvalue weighted by Gasteiger charge is 2.23. The van der Waals surface area contributed by atoms with Gasteiger partial charge < -0.3 is 24.1 Å². The molecule has 0 unspecified atom stereocenters. The van der Waals surface area contributed by atoms with E-state index in [1.807, 2.05) is 41.4 Å². The van der Waals surface area contributed by atoms with Crippen LogP contribution < -0.4 is 14.2 Å². The van der Waals surface area contributed by atoms with E-state index >= 15 is 0 Å². The van der Waals surface area contributed by atoms with Crippen LogP contribution in [0.2, 0.25) is 0 Å². The number of nitrogens with zero attached hydrogens (tertiary/aromatic N) is 1. The number of methoxy groups -OCH3 is 3. The summed E-state index contributed by atoms with van der Waals surface area (Å²) in [5, 5.41) is 1.02. The third kappa shape index (κ3) is 3.26. The molecule has 0 saturated heterocycles. The Hall–Kier alpha value is -3.15. The third-order valence-electron chi connectivity index (χ3n) is 5.39. The molecule has 1 N–H and O–H groups in total. The van der Waals surface area contributed by atoms with Gasteiger partial charge in [-0.05, 0) is 53.4 Å². The molecule has 146 valence electrons. The Morgan fingerprint density at radius 1 is 1.04 bits per heavy atom. The molecular weight excluding hydrogens is 356 g/mol. The zero-order chi connectivity index (χ0) is 19.7. The number of fused-ring (bicyclic) bond motifs is 2. The number of hydrogen-bond donors (Lipinski definition) is 1. The first-order valence-electron chi connectivity index (χ1n) is 9.28. The topological polar surface area (TPSA) is 63.8 Å². The van der Waals surface area contributed by atoms with Crippen LogP contribution >= 0.6 is 0 Å². The zero-order valence-electron chi connectivity index (χ0n) is 16.4. The van der Waals surface area contributed by atoms with Crippen molar-refractivity contribution in [1.29, 1.82) is 0 Å². The quantitative estimate of drug-likeness (QED) is 0.738. The second-order valence-electron chi connectivity index (χ2n) is 6.94. The molecule has 1 aromatic heterocycles. The molecule has 0 aliphatic carbocycles. The van der Waals surface area contributed by atoms with Crippen molar-refractivity contribution in [2.24, 2.45) is 0 Å². The molecule has 28 heavy (non-hydrogen) atoms. The lowest BCUT2D eigenvalue weighted by Gasteiger charge is -2.29. The number of carbonyl (C=O) groups excluding carboxylic acids is 1. The van der Waals surface area contributed by atoms with Gasteiger partial charge in [0.05, 0.1) is 27.8 Å². The lowest BCUT2D eigenvalue weighted by molar-refractivity contribution is -0.131. The van der Waals surface area contributed by atoms with Crippen LogP contribution in [0.1, 0.15) is 16.7 Å². The number of benzene rings is 2. The van der Waals surface area contributed by atoms with E-state index < -0.39 is 0 Å². The van der Waals surface area contributed by atoms with Crippen LogP contribution in [0.4, 0.5) is 0 Å². The monoisotopic (exact) mass is 380 g/mol. The Kier molecular flexibility index (Phi) is 4.86. The standard InChI is InChI=1S/C22H24N2O4/c1-26-17-4-5-19-18(11-17)15(12-23-19)10-22(25)24-7-6-14-8-20(27-2)21(28-3)9-16(14)13-24/h4-5,8-9,11-12,23H,6-7,10,13H2,1-3H3. The van der Waals surface area contributed by atoms with Gasteiger partial charge >= 0.3 is 0 Å². The van der Waals surface area contributed by atoms with Gasteiger partial charge in [-0.15, -0.1) is 0 Å². The number of aromatic amines is 1. The van der Waals surface area contributed by atoms with Crippen molar-refractivity contribution in [3.05, 3.63) is 53.2 Å². The molecule has 4 rings (SSSR count). The maximum Gasteiger partial charge on any atom is 0.227 e. The van der Waals surface area contributed by atoms with Gasteiger partial charge in [0, 0.05) is 30.2 Å². The van der Waals surface area contributed by atoms with Gasteiger partial charge in [0.25, 0.3) is 0 Å². The van der Waals surface area contributed by atoms with E-state index in [1.165, 1.54) is 5.56 Å². The summed E-state index contributed by atoms with van der Waals surface area (Å²) in [5.41, 5.74) is 4.30. The van der Waals surface area contributed by atoms with Crippen LogP contribution in [0.25, 0.3) is 10.9 Å². The number of H-pyrrole nitrogens is 1. The van der Waals surface area contributed by atoms with Crippen molar-refractivity contribution in [2.45, 2.75) is 19.4 Å². The third-order valence-corrected chi connectivity index (χ3v) is 5.39. The Morgan fingerprint density at radius 3 is 2.50 bits per heavy atom. The summed E-state index contributed by atoms with van der Waals surface area (Å²) in [7, 11) is 4.91. The van der Waals surface area contributed by atoms with E-state index in [1.54, 1.807) is 21.3 Å². The fourth-order valence-corrected chi connectivity index (χ4v) is 3.80. The van der Waals surface area contributed by atoms with Gasteiger partial charge in [0.1, 0.15) is 5.75 Å². The van der Waals surface area contributed by atoms with E-state index in [9.17, 15) is 4.79 Å². The van der Waals surface area contributed by atoms with Gasteiger partial charge in [-0.1, -0.05) is 0 Å². The predicted octanol–water partition coefficient (Wildman–Crippen LogP) is 3.32. The number of nitrogens with one attached hydrogen (secondary N) is 1. The molecule has 2 heterocycles. The number of rotatable bonds is 5. The molecular formula is C22H24N2O4. The zero-order valence-corrected chi connectivity index (χ0v) is 16.4. The molecule has 2 aromatic carbocycles. The summed E-state index contributed by atoms with van der Waals surface area (Å²) in [6.07, 6.45) is 3.08. The Labute approximate surface area is 164 Å². The van der Waals surface area contributed by atoms with Crippen LogP contribution in [0.5, 0.6) is 17.2 Å². The molecule has 3 aromatic rings. The number of hydrogen-bond acceptors (Lipinski definition) is 4. The molecule has 0 fully saturated rings. The molecule has 0 bridgehead atoms. The van der Waals surface area contributed by atoms with Gasteiger partial charge in [0.2, 0.25) is 5.91 Å². The van der Waals surface area contributed by atoms with Crippen molar-refractivity contribution >= 4 is 16.8 Å². The summed E-state index contributed by atoms with van der Waals surface area (Å²) in [6.45, 7) is 1.28. The van der Waals surface area contributed by atoms with Crippen molar-refractivity contribution in [3.8, 4) is 17.2 Å². The van der Waals surface area contributed by atoms with Crippen molar-refractivity contribution in [3.63, 3.8) is 0 Å². The van der Waals surface area contributed by atoms with Crippen LogP contribution in [0, 0.1) is 0 Å². The smallest absolute Gasteiger partial charge is 0.227 e. The van der Waals surface area contributed by atoms with E-state index in [4.69, 9.17) is 14.2 Å². The van der Waals surface area contributed by atoms with Crippen LogP contribution in [-0.4, -0.2) is 43.7 Å². The summed E-state index contributed by atoms with van der Waals surface area (Å²) in [6, 6.07) is 9.84. The minimum absolute atomic E-state index is 0.115. The lowest BCUT2D eigenvalue weighted by Crippen LogP contribution is -2.36. The maximum absolute atomic E-state index is 13.0. The molecule has 6 nitrogen and oxygen atoms in total. The van der Waals surface area contributed by atoms with Gasteiger partial charge in [-0.3, -0.25) is 4.79 Å². The minimum Gasteiger partial charge on any atom is -0.497 e. The molecule has 6 heteroatoms. The van der Waals surface area contributed by atoms with Crippen molar-refractivity contribution in [1.82, 2.24) is 9.88 Å². The maximum atomic E-state index is 13.0.